The molecule has 4 rings (SSSR count). The largest absolute Gasteiger partial charge is 0.387 e. The molecule has 0 spiro atoms. The molecule has 2 aromatic carbocycles. The normalized spacial score (nSPS) is 16.7. The van der Waals surface area contributed by atoms with Crippen molar-refractivity contribution in [3.63, 3.8) is 0 Å². The van der Waals surface area contributed by atoms with Crippen molar-refractivity contribution < 1.29 is 14.6 Å². The number of anilines is 1. The third-order valence-corrected chi connectivity index (χ3v) is 6.31. The summed E-state index contributed by atoms with van der Waals surface area (Å²) in [5, 5.41) is 18.7. The van der Waals surface area contributed by atoms with Crippen LogP contribution in [0.4, 0.5) is 5.69 Å². The summed E-state index contributed by atoms with van der Waals surface area (Å²) >= 11 is 6.02. The van der Waals surface area contributed by atoms with Crippen molar-refractivity contribution >= 4 is 34.1 Å². The highest BCUT2D eigenvalue weighted by molar-refractivity contribution is 6.30. The molecule has 0 radical (unpaired) electrons. The number of rotatable bonds is 8. The lowest BCUT2D eigenvalue weighted by atomic mass is 9.99. The number of aliphatic hydroxyl groups excluding tert-OH is 1. The van der Waals surface area contributed by atoms with Gasteiger partial charge in [-0.25, -0.2) is 0 Å². The van der Waals surface area contributed by atoms with Crippen LogP contribution >= 0.6 is 11.6 Å². The number of hydrogen-bond acceptors (Lipinski definition) is 4. The monoisotopic (exact) mass is 455 g/mol. The molecule has 4 N–H and O–H groups in total. The lowest BCUT2D eigenvalue weighted by Gasteiger charge is -2.21. The van der Waals surface area contributed by atoms with Crippen molar-refractivity contribution in [2.24, 2.45) is 5.92 Å². The number of nitrogens with one attached hydrogen (secondary N) is 3. The second-order valence-electron chi connectivity index (χ2n) is 8.50. The van der Waals surface area contributed by atoms with Crippen LogP contribution in [0.1, 0.15) is 37.0 Å². The van der Waals surface area contributed by atoms with Gasteiger partial charge in [0.25, 0.3) is 0 Å². The van der Waals surface area contributed by atoms with Crippen molar-refractivity contribution in [3.8, 4) is 0 Å². The zero-order valence-corrected chi connectivity index (χ0v) is 19.0. The number of hydrogen-bond donors (Lipinski definition) is 4. The van der Waals surface area contributed by atoms with Crippen LogP contribution in [0.5, 0.6) is 0 Å². The van der Waals surface area contributed by atoms with Gasteiger partial charge in [0, 0.05) is 48.3 Å². The summed E-state index contributed by atoms with van der Waals surface area (Å²) in [6, 6.07) is 13.4. The van der Waals surface area contributed by atoms with E-state index in [1.807, 2.05) is 30.5 Å². The molecule has 170 valence electrons. The van der Waals surface area contributed by atoms with Crippen LogP contribution in [-0.4, -0.2) is 41.8 Å². The number of carbonyl (C=O) groups is 1. The Balaban J connectivity index is 1.38. The first-order valence-electron chi connectivity index (χ1n) is 11.2. The number of aromatic nitrogens is 1. The molecular weight excluding hydrogens is 426 g/mol. The Morgan fingerprint density at radius 2 is 2.03 bits per heavy atom. The van der Waals surface area contributed by atoms with Gasteiger partial charge in [0.1, 0.15) is 0 Å². The summed E-state index contributed by atoms with van der Waals surface area (Å²) < 4.78 is 5.36. The van der Waals surface area contributed by atoms with Crippen LogP contribution in [0, 0.1) is 5.92 Å². The van der Waals surface area contributed by atoms with Crippen LogP contribution in [0.25, 0.3) is 10.9 Å². The molecule has 0 bridgehead atoms. The van der Waals surface area contributed by atoms with Gasteiger partial charge in [0.15, 0.2) is 0 Å². The molecule has 2 atom stereocenters. The van der Waals surface area contributed by atoms with E-state index in [0.29, 0.717) is 24.8 Å². The maximum Gasteiger partial charge on any atom is 0.227 e. The standard InChI is InChI=1S/C25H30ClN3O3/c1-16(27-15-23(30)18-4-2-5-20(26)13-18)12-19-14-28-24-21(19)6-3-7-22(24)29-25(31)17-8-10-32-11-9-17/h2-7,13-14,16-17,23,27-28,30H,8-12,15H2,1H3,(H,29,31)/t16-,23+/m1/s1. The topological polar surface area (TPSA) is 86.4 Å². The first-order chi connectivity index (χ1) is 15.5. The number of fused-ring (bicyclic) bond motifs is 1. The summed E-state index contributed by atoms with van der Waals surface area (Å²) in [4.78, 5) is 16.0. The Bertz CT molecular complexity index is 1060. The molecule has 7 heteroatoms. The summed E-state index contributed by atoms with van der Waals surface area (Å²) in [6.45, 7) is 3.83. The van der Waals surface area contributed by atoms with Gasteiger partial charge >= 0.3 is 0 Å². The zero-order valence-electron chi connectivity index (χ0n) is 18.2. The lowest BCUT2D eigenvalue weighted by Crippen LogP contribution is -2.32. The molecule has 6 nitrogen and oxygen atoms in total. The van der Waals surface area contributed by atoms with Crippen molar-refractivity contribution in [2.75, 3.05) is 25.1 Å². The zero-order chi connectivity index (χ0) is 22.5. The molecule has 1 amide bonds. The van der Waals surface area contributed by atoms with Gasteiger partial charge in [-0.2, -0.15) is 0 Å². The van der Waals surface area contributed by atoms with E-state index < -0.39 is 6.10 Å². The smallest absolute Gasteiger partial charge is 0.227 e. The van der Waals surface area contributed by atoms with Crippen molar-refractivity contribution in [1.29, 1.82) is 0 Å². The fourth-order valence-electron chi connectivity index (χ4n) is 4.23. The fourth-order valence-corrected chi connectivity index (χ4v) is 4.43. The van der Waals surface area contributed by atoms with E-state index in [1.54, 1.807) is 12.1 Å². The number of ether oxygens (including phenoxy) is 1. The lowest BCUT2D eigenvalue weighted by molar-refractivity contribution is -0.122. The molecule has 2 heterocycles. The first kappa shape index (κ1) is 22.8. The van der Waals surface area contributed by atoms with Gasteiger partial charge in [-0.15, -0.1) is 0 Å². The maximum absolute atomic E-state index is 12.7. The molecule has 1 saturated heterocycles. The molecule has 1 aromatic heterocycles. The number of para-hydroxylation sites is 1. The third-order valence-electron chi connectivity index (χ3n) is 6.07. The second-order valence-corrected chi connectivity index (χ2v) is 8.94. The highest BCUT2D eigenvalue weighted by atomic mass is 35.5. The van der Waals surface area contributed by atoms with E-state index in [0.717, 1.165) is 41.4 Å². The fraction of sp³-hybridized carbons (Fsp3) is 0.400. The highest BCUT2D eigenvalue weighted by Gasteiger charge is 2.22. The molecule has 0 saturated carbocycles. The van der Waals surface area contributed by atoms with Gasteiger partial charge in [-0.1, -0.05) is 35.9 Å². The third kappa shape index (κ3) is 5.51. The number of aromatic amines is 1. The summed E-state index contributed by atoms with van der Waals surface area (Å²) in [7, 11) is 0. The summed E-state index contributed by atoms with van der Waals surface area (Å²) in [5.41, 5.74) is 3.71. The van der Waals surface area contributed by atoms with E-state index >= 15 is 0 Å². The predicted molar refractivity (Wildman–Crippen MR) is 128 cm³/mol. The molecule has 1 aliphatic rings. The van der Waals surface area contributed by atoms with E-state index in [9.17, 15) is 9.90 Å². The van der Waals surface area contributed by atoms with Crippen LogP contribution < -0.4 is 10.6 Å². The van der Waals surface area contributed by atoms with Crippen LogP contribution in [0.15, 0.2) is 48.7 Å². The molecule has 3 aromatic rings. The van der Waals surface area contributed by atoms with Crippen LogP contribution in [-0.2, 0) is 16.0 Å². The molecule has 32 heavy (non-hydrogen) atoms. The van der Waals surface area contributed by atoms with E-state index in [2.05, 4.69) is 28.6 Å². The number of benzene rings is 2. The van der Waals surface area contributed by atoms with E-state index in [4.69, 9.17) is 16.3 Å². The minimum Gasteiger partial charge on any atom is -0.387 e. The average Bonchev–Trinajstić information content (AvgIpc) is 3.21. The number of amides is 1. The molecule has 1 fully saturated rings. The van der Waals surface area contributed by atoms with Crippen LogP contribution in [0.3, 0.4) is 0 Å². The SMILES string of the molecule is C[C@H](Cc1c[nH]c2c(NC(=O)C3CCOCC3)cccc12)NC[C@H](O)c1cccc(Cl)c1. The Morgan fingerprint density at radius 3 is 2.81 bits per heavy atom. The Kier molecular flexibility index (Phi) is 7.48. The average molecular weight is 456 g/mol. The van der Waals surface area contributed by atoms with Gasteiger partial charge < -0.3 is 25.5 Å². The van der Waals surface area contributed by atoms with Crippen molar-refractivity contribution in [3.05, 3.63) is 64.8 Å². The Morgan fingerprint density at radius 1 is 1.25 bits per heavy atom. The van der Waals surface area contributed by atoms with Crippen molar-refractivity contribution in [1.82, 2.24) is 10.3 Å². The van der Waals surface area contributed by atoms with Gasteiger partial charge in [0.2, 0.25) is 5.91 Å². The Hall–Kier alpha value is -2.38. The Labute approximate surface area is 193 Å². The summed E-state index contributed by atoms with van der Waals surface area (Å²) in [6.07, 6.45) is 3.70. The molecule has 1 aliphatic heterocycles. The van der Waals surface area contributed by atoms with E-state index in [-0.39, 0.29) is 17.9 Å². The second kappa shape index (κ2) is 10.5. The number of H-pyrrole nitrogens is 1. The maximum atomic E-state index is 12.7. The highest BCUT2D eigenvalue weighted by Crippen LogP contribution is 2.28. The molecule has 0 aliphatic carbocycles. The quantitative estimate of drug-likeness (QED) is 0.404. The molecule has 0 unspecified atom stereocenters. The minimum absolute atomic E-state index is 0.00332. The van der Waals surface area contributed by atoms with Crippen LogP contribution in [0.2, 0.25) is 5.02 Å². The van der Waals surface area contributed by atoms with Gasteiger partial charge in [-0.3, -0.25) is 4.79 Å². The number of halogens is 1. The molecular formula is C25H30ClN3O3. The van der Waals surface area contributed by atoms with Gasteiger partial charge in [0.05, 0.1) is 17.3 Å². The minimum atomic E-state index is -0.619. The predicted octanol–water partition coefficient (Wildman–Crippen LogP) is 4.44. The number of aliphatic hydroxyl groups is 1. The first-order valence-corrected chi connectivity index (χ1v) is 11.5. The van der Waals surface area contributed by atoms with E-state index in [1.165, 1.54) is 5.56 Å². The summed E-state index contributed by atoms with van der Waals surface area (Å²) in [5.74, 6) is 0.0607. The van der Waals surface area contributed by atoms with Gasteiger partial charge in [-0.05, 0) is 55.5 Å². The number of carbonyl (C=O) groups excluding carboxylic acids is 1. The van der Waals surface area contributed by atoms with Crippen molar-refractivity contribution in [2.45, 2.75) is 38.3 Å².